The Bertz CT molecular complexity index is 620. The summed E-state index contributed by atoms with van der Waals surface area (Å²) in [5.74, 6) is -0.357. The Morgan fingerprint density at radius 3 is 2.83 bits per heavy atom. The van der Waals surface area contributed by atoms with E-state index in [9.17, 15) is 9.59 Å². The lowest BCUT2D eigenvalue weighted by Crippen LogP contribution is -2.30. The van der Waals surface area contributed by atoms with Crippen LogP contribution in [0, 0.1) is 6.92 Å². The molecule has 5 nitrogen and oxygen atoms in total. The molecule has 0 aliphatic rings. The molecule has 0 spiro atoms. The third-order valence-corrected chi connectivity index (χ3v) is 2.63. The van der Waals surface area contributed by atoms with Crippen LogP contribution in [0.2, 0.25) is 0 Å². The second-order valence-electron chi connectivity index (χ2n) is 3.97. The van der Waals surface area contributed by atoms with Crippen molar-refractivity contribution >= 4 is 11.6 Å². The molecule has 2 heterocycles. The lowest BCUT2D eigenvalue weighted by Gasteiger charge is -2.16. The molecule has 0 aliphatic carbocycles. The van der Waals surface area contributed by atoms with E-state index >= 15 is 0 Å². The number of hydrogen-bond acceptors (Lipinski definition) is 3. The van der Waals surface area contributed by atoms with Crippen molar-refractivity contribution in [1.82, 2.24) is 9.97 Å². The highest BCUT2D eigenvalue weighted by Crippen LogP contribution is 2.11. The SMILES string of the molecule is Cc1cc(=O)c(C(=O)N(C)c2cccnc2)c[nH]1. The van der Waals surface area contributed by atoms with Crippen molar-refractivity contribution in [3.63, 3.8) is 0 Å². The first-order valence-corrected chi connectivity index (χ1v) is 5.47. The van der Waals surface area contributed by atoms with Gasteiger partial charge in [0.25, 0.3) is 5.91 Å². The van der Waals surface area contributed by atoms with E-state index < -0.39 is 0 Å². The van der Waals surface area contributed by atoms with Crippen molar-refractivity contribution in [3.8, 4) is 0 Å². The fraction of sp³-hybridized carbons (Fsp3) is 0.154. The number of hydrogen-bond donors (Lipinski definition) is 1. The van der Waals surface area contributed by atoms with Gasteiger partial charge in [0.1, 0.15) is 5.56 Å². The maximum atomic E-state index is 12.2. The molecule has 2 aromatic rings. The predicted octanol–water partition coefficient (Wildman–Crippen LogP) is 1.35. The Morgan fingerprint density at radius 1 is 1.44 bits per heavy atom. The van der Waals surface area contributed by atoms with Crippen LogP contribution in [0.5, 0.6) is 0 Å². The van der Waals surface area contributed by atoms with Gasteiger partial charge in [-0.2, -0.15) is 0 Å². The molecule has 92 valence electrons. The monoisotopic (exact) mass is 243 g/mol. The number of aromatic amines is 1. The van der Waals surface area contributed by atoms with Gasteiger partial charge in [0, 0.05) is 31.2 Å². The molecular formula is C13H13N3O2. The summed E-state index contributed by atoms with van der Waals surface area (Å²) in [6.45, 7) is 1.76. The number of anilines is 1. The molecule has 0 radical (unpaired) electrons. The molecule has 0 aromatic carbocycles. The normalized spacial score (nSPS) is 10.1. The van der Waals surface area contributed by atoms with E-state index in [1.165, 1.54) is 17.2 Å². The van der Waals surface area contributed by atoms with Crippen LogP contribution in [0.25, 0.3) is 0 Å². The highest BCUT2D eigenvalue weighted by Gasteiger charge is 2.16. The number of aryl methyl sites for hydroxylation is 1. The zero-order valence-corrected chi connectivity index (χ0v) is 10.2. The molecule has 18 heavy (non-hydrogen) atoms. The number of aromatic nitrogens is 2. The Kier molecular flexibility index (Phi) is 3.23. The standard InChI is InChI=1S/C13H13N3O2/c1-9-6-12(17)11(8-15-9)13(18)16(2)10-4-3-5-14-7-10/h3-8H,1-2H3,(H,15,17). The first-order chi connectivity index (χ1) is 8.59. The molecule has 0 saturated carbocycles. The fourth-order valence-electron chi connectivity index (χ4n) is 1.59. The second kappa shape index (κ2) is 4.83. The van der Waals surface area contributed by atoms with Crippen LogP contribution < -0.4 is 10.3 Å². The van der Waals surface area contributed by atoms with E-state index in [2.05, 4.69) is 9.97 Å². The van der Waals surface area contributed by atoms with E-state index in [-0.39, 0.29) is 16.9 Å². The minimum atomic E-state index is -0.357. The van der Waals surface area contributed by atoms with Crippen LogP contribution in [0.3, 0.4) is 0 Å². The van der Waals surface area contributed by atoms with Crippen molar-refractivity contribution in [2.45, 2.75) is 6.92 Å². The minimum absolute atomic E-state index is 0.118. The average molecular weight is 243 g/mol. The molecule has 0 unspecified atom stereocenters. The number of rotatable bonds is 2. The van der Waals surface area contributed by atoms with Gasteiger partial charge in [-0.15, -0.1) is 0 Å². The van der Waals surface area contributed by atoms with E-state index in [0.29, 0.717) is 5.69 Å². The summed E-state index contributed by atoms with van der Waals surface area (Å²) in [5.41, 5.74) is 1.20. The molecule has 1 amide bonds. The summed E-state index contributed by atoms with van der Waals surface area (Å²) in [7, 11) is 1.61. The van der Waals surface area contributed by atoms with E-state index in [1.807, 2.05) is 0 Å². The lowest BCUT2D eigenvalue weighted by atomic mass is 10.2. The fourth-order valence-corrected chi connectivity index (χ4v) is 1.59. The van der Waals surface area contributed by atoms with Gasteiger partial charge in [-0.05, 0) is 19.1 Å². The largest absolute Gasteiger partial charge is 0.364 e. The maximum Gasteiger partial charge on any atom is 0.263 e. The zero-order valence-electron chi connectivity index (χ0n) is 10.2. The van der Waals surface area contributed by atoms with Gasteiger partial charge < -0.3 is 9.88 Å². The van der Waals surface area contributed by atoms with Gasteiger partial charge in [-0.25, -0.2) is 0 Å². The number of nitrogens with one attached hydrogen (secondary N) is 1. The summed E-state index contributed by atoms with van der Waals surface area (Å²) in [6, 6.07) is 4.90. The van der Waals surface area contributed by atoms with Crippen LogP contribution in [0.15, 0.2) is 41.6 Å². The topological polar surface area (TPSA) is 66.1 Å². The predicted molar refractivity (Wildman–Crippen MR) is 68.8 cm³/mol. The average Bonchev–Trinajstić information content (AvgIpc) is 2.38. The minimum Gasteiger partial charge on any atom is -0.364 e. The van der Waals surface area contributed by atoms with E-state index in [4.69, 9.17) is 0 Å². The number of carbonyl (C=O) groups is 1. The molecule has 0 fully saturated rings. The highest BCUT2D eigenvalue weighted by atomic mass is 16.2. The Hall–Kier alpha value is -2.43. The van der Waals surface area contributed by atoms with Crippen LogP contribution in [-0.2, 0) is 0 Å². The van der Waals surface area contributed by atoms with Gasteiger partial charge in [0.05, 0.1) is 11.9 Å². The van der Waals surface area contributed by atoms with Crippen molar-refractivity contribution in [3.05, 3.63) is 58.3 Å². The molecule has 1 N–H and O–H groups in total. The molecule has 0 saturated heterocycles. The summed E-state index contributed by atoms with van der Waals surface area (Å²) < 4.78 is 0. The van der Waals surface area contributed by atoms with Crippen LogP contribution in [0.4, 0.5) is 5.69 Å². The van der Waals surface area contributed by atoms with Gasteiger partial charge in [0.2, 0.25) is 0 Å². The van der Waals surface area contributed by atoms with Crippen molar-refractivity contribution < 1.29 is 4.79 Å². The Morgan fingerprint density at radius 2 is 2.22 bits per heavy atom. The smallest absolute Gasteiger partial charge is 0.263 e. The van der Waals surface area contributed by atoms with E-state index in [0.717, 1.165) is 5.69 Å². The van der Waals surface area contributed by atoms with Crippen LogP contribution >= 0.6 is 0 Å². The quantitative estimate of drug-likeness (QED) is 0.866. The molecule has 5 heteroatoms. The molecular weight excluding hydrogens is 230 g/mol. The molecule has 2 aromatic heterocycles. The van der Waals surface area contributed by atoms with Crippen molar-refractivity contribution in [1.29, 1.82) is 0 Å². The number of H-pyrrole nitrogens is 1. The summed E-state index contributed by atoms with van der Waals surface area (Å²) in [4.78, 5) is 32.1. The maximum absolute atomic E-state index is 12.2. The van der Waals surface area contributed by atoms with Crippen LogP contribution in [0.1, 0.15) is 16.1 Å². The van der Waals surface area contributed by atoms with Gasteiger partial charge >= 0.3 is 0 Å². The third-order valence-electron chi connectivity index (χ3n) is 2.63. The highest BCUT2D eigenvalue weighted by molar-refractivity contribution is 6.05. The van der Waals surface area contributed by atoms with Gasteiger partial charge in [-0.1, -0.05) is 0 Å². The van der Waals surface area contributed by atoms with Crippen LogP contribution in [-0.4, -0.2) is 22.9 Å². The molecule has 0 bridgehead atoms. The van der Waals surface area contributed by atoms with Crippen molar-refractivity contribution in [2.24, 2.45) is 0 Å². The zero-order chi connectivity index (χ0) is 13.1. The second-order valence-corrected chi connectivity index (χ2v) is 3.97. The first-order valence-electron chi connectivity index (χ1n) is 5.47. The number of carbonyl (C=O) groups excluding carboxylic acids is 1. The molecule has 2 rings (SSSR count). The van der Waals surface area contributed by atoms with Gasteiger partial charge in [0.15, 0.2) is 5.43 Å². The summed E-state index contributed by atoms with van der Waals surface area (Å²) in [5, 5.41) is 0. The summed E-state index contributed by atoms with van der Waals surface area (Å²) in [6.07, 6.45) is 4.63. The molecule has 0 atom stereocenters. The first kappa shape index (κ1) is 12.0. The number of pyridine rings is 2. The third kappa shape index (κ3) is 2.29. The van der Waals surface area contributed by atoms with Crippen molar-refractivity contribution in [2.75, 3.05) is 11.9 Å². The van der Waals surface area contributed by atoms with Gasteiger partial charge in [-0.3, -0.25) is 14.6 Å². The molecule has 0 aliphatic heterocycles. The number of nitrogens with zero attached hydrogens (tertiary/aromatic N) is 2. The van der Waals surface area contributed by atoms with E-state index in [1.54, 1.807) is 38.5 Å². The Labute approximate surface area is 104 Å². The lowest BCUT2D eigenvalue weighted by molar-refractivity contribution is 0.0991. The number of amides is 1. The summed E-state index contributed by atoms with van der Waals surface area (Å²) >= 11 is 0. The Balaban J connectivity index is 2.35.